The number of carbonyl (C=O) groups is 7. The van der Waals surface area contributed by atoms with E-state index in [-0.39, 0.29) is 46.3 Å². The highest BCUT2D eigenvalue weighted by atomic mass is 19.4. The lowest BCUT2D eigenvalue weighted by atomic mass is 10.0. The molecule has 21 nitrogen and oxygen atoms in total. The number of carboxylic acid groups (broad SMARTS) is 2. The van der Waals surface area contributed by atoms with Gasteiger partial charge in [0.1, 0.15) is 24.5 Å². The molecule has 332 valence electrons. The minimum atomic E-state index is -5.11. The average Bonchev–Trinajstić information content (AvgIpc) is 3.73. The molecular formula is C36H32F6N12O9. The molecule has 4 aromatic rings. The Kier molecular flexibility index (Phi) is 15.3. The highest BCUT2D eigenvalue weighted by Crippen LogP contribution is 2.35. The largest absolute Gasteiger partial charge is 0.480 e. The molecule has 2 aromatic carbocycles. The third-order valence-corrected chi connectivity index (χ3v) is 8.02. The van der Waals surface area contributed by atoms with Crippen LogP contribution in [0.15, 0.2) is 66.0 Å². The molecular weight excluding hydrogens is 858 g/mol. The van der Waals surface area contributed by atoms with E-state index in [2.05, 4.69) is 31.0 Å². The number of hydrogen-bond acceptors (Lipinski definition) is 13. The van der Waals surface area contributed by atoms with Crippen molar-refractivity contribution in [3.8, 4) is 17.1 Å². The molecule has 0 saturated carbocycles. The second-order valence-electron chi connectivity index (χ2n) is 12.5. The predicted molar refractivity (Wildman–Crippen MR) is 202 cm³/mol. The van der Waals surface area contributed by atoms with Gasteiger partial charge in [0, 0.05) is 24.0 Å². The first-order chi connectivity index (χ1) is 29.6. The summed E-state index contributed by atoms with van der Waals surface area (Å²) in [5, 5.41) is 41.2. The van der Waals surface area contributed by atoms with Gasteiger partial charge in [-0.05, 0) is 55.5 Å². The van der Waals surface area contributed by atoms with Crippen LogP contribution in [0.3, 0.4) is 0 Å². The van der Waals surface area contributed by atoms with Crippen LogP contribution in [-0.4, -0.2) is 104 Å². The summed E-state index contributed by atoms with van der Waals surface area (Å²) < 4.78 is 85.6. The molecule has 0 saturated heterocycles. The van der Waals surface area contributed by atoms with E-state index in [0.29, 0.717) is 12.1 Å². The number of hydrogen-bond donors (Lipinski definition) is 9. The van der Waals surface area contributed by atoms with Crippen molar-refractivity contribution in [2.75, 3.05) is 38.0 Å². The summed E-state index contributed by atoms with van der Waals surface area (Å²) in [5.74, 6) is -8.04. The number of nitrogens with one attached hydrogen (secondary N) is 7. The molecule has 0 spiro atoms. The van der Waals surface area contributed by atoms with Crippen LogP contribution >= 0.6 is 0 Å². The van der Waals surface area contributed by atoms with Crippen LogP contribution in [0.1, 0.15) is 54.8 Å². The van der Waals surface area contributed by atoms with Gasteiger partial charge in [-0.1, -0.05) is 5.21 Å². The van der Waals surface area contributed by atoms with Crippen LogP contribution in [0, 0.1) is 5.53 Å². The highest BCUT2D eigenvalue weighted by Gasteiger charge is 2.37. The van der Waals surface area contributed by atoms with Crippen LogP contribution in [0.4, 0.5) is 32.0 Å². The summed E-state index contributed by atoms with van der Waals surface area (Å²) >= 11 is 0. The maximum absolute atomic E-state index is 14.2. The number of pyridine rings is 1. The first kappa shape index (κ1) is 47.4. The number of aromatic nitrogens is 4. The summed E-state index contributed by atoms with van der Waals surface area (Å²) in [6, 6.07) is 7.16. The first-order valence-electron chi connectivity index (χ1n) is 17.6. The van der Waals surface area contributed by atoms with Gasteiger partial charge in [0.15, 0.2) is 0 Å². The van der Waals surface area contributed by atoms with Crippen LogP contribution in [0.2, 0.25) is 0 Å². The van der Waals surface area contributed by atoms with E-state index in [1.54, 1.807) is 6.92 Å². The summed E-state index contributed by atoms with van der Waals surface area (Å²) in [4.78, 5) is 87.2. The Hall–Kier alpha value is -8.26. The Morgan fingerprint density at radius 2 is 1.27 bits per heavy atom. The first-order valence-corrected chi connectivity index (χ1v) is 17.6. The van der Waals surface area contributed by atoms with Crippen LogP contribution in [0.25, 0.3) is 22.8 Å². The van der Waals surface area contributed by atoms with Gasteiger partial charge in [-0.2, -0.15) is 31.5 Å². The van der Waals surface area contributed by atoms with Gasteiger partial charge >= 0.3 is 24.3 Å². The van der Waals surface area contributed by atoms with E-state index < -0.39 is 102 Å². The molecule has 0 atom stereocenters. The molecule has 63 heavy (non-hydrogen) atoms. The number of rotatable bonds is 18. The third kappa shape index (κ3) is 13.1. The standard InChI is InChI=1S/C36H32F6N12O9/c1-2-44-32(61)17-7-24(26(51-43)11-45-18-3-5-20(22(9-18)35(37,38)39)33(62)48-12-28(55)46-14-30(57)58)50-25(8-17)27-16-54(53-52-27)19-4-6-21(23(10-19)36(40,41)42)34(63)49-13-29(56)47-15-31(59)60/h3-11,16,43,45H,2,12-15H2,1H3,(H,44,61)(H,46,55)(H,47,56)(H,48,62)(H,49,63)(H,57,58)(H,59,60)/b26-11-,51-43?. The molecule has 2 aromatic heterocycles. The fourth-order valence-corrected chi connectivity index (χ4v) is 5.17. The van der Waals surface area contributed by atoms with Crippen LogP contribution in [0.5, 0.6) is 0 Å². The van der Waals surface area contributed by atoms with Gasteiger partial charge in [0.25, 0.3) is 17.7 Å². The lowest BCUT2D eigenvalue weighted by Crippen LogP contribution is -2.39. The van der Waals surface area contributed by atoms with Gasteiger partial charge < -0.3 is 42.1 Å². The number of halogens is 6. The van der Waals surface area contributed by atoms with E-state index in [1.165, 1.54) is 12.1 Å². The molecule has 0 unspecified atom stereocenters. The van der Waals surface area contributed by atoms with Crippen molar-refractivity contribution >= 4 is 52.9 Å². The Labute approximate surface area is 348 Å². The molecule has 0 aliphatic carbocycles. The topological polar surface area (TPSA) is 312 Å². The van der Waals surface area contributed by atoms with Crippen molar-refractivity contribution in [1.29, 1.82) is 5.53 Å². The lowest BCUT2D eigenvalue weighted by Gasteiger charge is -2.15. The van der Waals surface area contributed by atoms with Gasteiger partial charge in [0.2, 0.25) is 11.8 Å². The zero-order chi connectivity index (χ0) is 46.6. The van der Waals surface area contributed by atoms with Gasteiger partial charge in [-0.3, -0.25) is 33.6 Å². The van der Waals surface area contributed by atoms with Crippen LogP contribution < -0.4 is 31.9 Å². The molecule has 0 radical (unpaired) electrons. The maximum Gasteiger partial charge on any atom is 0.417 e. The van der Waals surface area contributed by atoms with E-state index in [0.717, 1.165) is 41.3 Å². The predicted octanol–water partition coefficient (Wildman–Crippen LogP) is 2.42. The third-order valence-electron chi connectivity index (χ3n) is 8.02. The minimum absolute atomic E-state index is 0.0984. The maximum atomic E-state index is 14.2. The van der Waals surface area contributed by atoms with Crippen LogP contribution in [-0.2, 0) is 31.5 Å². The molecule has 4 rings (SSSR count). The normalized spacial score (nSPS) is 11.5. The average molecular weight is 891 g/mol. The number of benzene rings is 2. The smallest absolute Gasteiger partial charge is 0.417 e. The van der Waals surface area contributed by atoms with Gasteiger partial charge in [-0.25, -0.2) is 15.2 Å². The number of amides is 5. The van der Waals surface area contributed by atoms with E-state index in [9.17, 15) is 59.9 Å². The van der Waals surface area contributed by atoms with Crippen molar-refractivity contribution in [3.05, 3.63) is 94.4 Å². The fourth-order valence-electron chi connectivity index (χ4n) is 5.17. The number of anilines is 1. The van der Waals surface area contributed by atoms with E-state index >= 15 is 0 Å². The number of carboxylic acids is 2. The summed E-state index contributed by atoms with van der Waals surface area (Å²) in [6.45, 7) is -1.50. The van der Waals surface area contributed by atoms with Crippen molar-refractivity contribution in [1.82, 2.24) is 46.6 Å². The zero-order valence-corrected chi connectivity index (χ0v) is 32.1. The van der Waals surface area contributed by atoms with E-state index in [4.69, 9.17) is 15.7 Å². The molecule has 2 heterocycles. The van der Waals surface area contributed by atoms with Gasteiger partial charge in [0.05, 0.1) is 58.6 Å². The molecule has 0 aliphatic rings. The molecule has 0 fully saturated rings. The fraction of sp³-hybridized carbons (Fsp3) is 0.222. The Bertz CT molecular complexity index is 2490. The lowest BCUT2D eigenvalue weighted by molar-refractivity contribution is -0.138. The molecule has 5 amide bonds. The number of aliphatic carboxylic acids is 2. The second-order valence-corrected chi connectivity index (χ2v) is 12.5. The van der Waals surface area contributed by atoms with Crippen molar-refractivity contribution in [3.63, 3.8) is 0 Å². The van der Waals surface area contributed by atoms with Crippen molar-refractivity contribution < 1.29 is 70.1 Å². The summed E-state index contributed by atoms with van der Waals surface area (Å²) in [5.41, 5.74) is 1.53. The highest BCUT2D eigenvalue weighted by molar-refractivity contribution is 5.99. The minimum Gasteiger partial charge on any atom is -0.480 e. The Morgan fingerprint density at radius 3 is 1.79 bits per heavy atom. The second kappa shape index (κ2) is 20.3. The summed E-state index contributed by atoms with van der Waals surface area (Å²) in [7, 11) is 0. The monoisotopic (exact) mass is 890 g/mol. The van der Waals surface area contributed by atoms with E-state index in [1.807, 2.05) is 21.3 Å². The number of alkyl halides is 6. The molecule has 27 heteroatoms. The Morgan fingerprint density at radius 1 is 0.714 bits per heavy atom. The van der Waals surface area contributed by atoms with Gasteiger partial charge in [-0.15, -0.1) is 5.10 Å². The summed E-state index contributed by atoms with van der Waals surface area (Å²) in [6.07, 6.45) is -8.17. The van der Waals surface area contributed by atoms with Crippen molar-refractivity contribution in [2.24, 2.45) is 5.11 Å². The molecule has 9 N–H and O–H groups in total. The number of nitrogens with zero attached hydrogens (tertiary/aromatic N) is 5. The molecule has 0 aliphatic heterocycles. The zero-order valence-electron chi connectivity index (χ0n) is 32.1. The number of carbonyl (C=O) groups excluding carboxylic acids is 5. The van der Waals surface area contributed by atoms with Crippen molar-refractivity contribution in [2.45, 2.75) is 19.3 Å². The quantitative estimate of drug-likeness (QED) is 0.0513. The SMILES string of the molecule is CCNC(=O)c1cc(/C(=C/Nc2ccc(C(=O)NCC(=O)NCC(=O)O)c(C(F)(F)F)c2)N=N)nc(-c2cn(-c3ccc(C(=O)NCC(=O)NCC(=O)O)c(C(F)(F)F)c3)nn2)c1. The molecule has 0 bridgehead atoms. The Balaban J connectivity index is 1.65.